The molecule has 198 valence electrons. The van der Waals surface area contributed by atoms with E-state index >= 15 is 0 Å². The van der Waals surface area contributed by atoms with Crippen LogP contribution in [-0.2, 0) is 12.8 Å². The topological polar surface area (TPSA) is 0 Å². The molecule has 0 amide bonds. The molecule has 0 spiro atoms. The third-order valence-electron chi connectivity index (χ3n) is 7.31. The third kappa shape index (κ3) is 17.6. The molecule has 1 aromatic rings. The Bertz CT molecular complexity index is 529. The van der Waals surface area contributed by atoms with Crippen LogP contribution >= 0.6 is 31.9 Å². The molecule has 0 N–H and O–H groups in total. The molecular formula is C32H56Br2. The second-order valence-corrected chi connectivity index (χ2v) is 12.3. The minimum Gasteiger partial charge on any atom is -0.0654 e. The molecule has 0 aliphatic heterocycles. The third-order valence-corrected chi connectivity index (χ3v) is 8.79. The number of hydrogen-bond acceptors (Lipinski definition) is 0. The van der Waals surface area contributed by atoms with E-state index in [1.165, 1.54) is 174 Å². The maximum Gasteiger partial charge on any atom is 0.0210 e. The van der Waals surface area contributed by atoms with Gasteiger partial charge in [-0.15, -0.1) is 0 Å². The van der Waals surface area contributed by atoms with Gasteiger partial charge >= 0.3 is 0 Å². The predicted octanol–water partition coefficient (Wildman–Crippen LogP) is 12.9. The van der Waals surface area contributed by atoms with Gasteiger partial charge in [0.1, 0.15) is 0 Å². The van der Waals surface area contributed by atoms with Crippen LogP contribution in [0.4, 0.5) is 0 Å². The van der Waals surface area contributed by atoms with Crippen molar-refractivity contribution in [2.45, 2.75) is 168 Å². The van der Waals surface area contributed by atoms with E-state index in [2.05, 4.69) is 57.8 Å². The number of halogens is 2. The Hall–Kier alpha value is 0.180. The maximum absolute atomic E-state index is 3.86. The van der Waals surface area contributed by atoms with Crippen LogP contribution in [0.3, 0.4) is 0 Å². The van der Waals surface area contributed by atoms with Crippen LogP contribution in [0.2, 0.25) is 0 Å². The van der Waals surface area contributed by atoms with Gasteiger partial charge in [0.2, 0.25) is 0 Å². The van der Waals surface area contributed by atoms with Crippen molar-refractivity contribution in [2.75, 3.05) is 0 Å². The molecule has 0 nitrogen and oxygen atoms in total. The Morgan fingerprint density at radius 3 is 0.882 bits per heavy atom. The maximum atomic E-state index is 3.86. The van der Waals surface area contributed by atoms with Gasteiger partial charge < -0.3 is 0 Å². The summed E-state index contributed by atoms with van der Waals surface area (Å²) in [6.07, 6.45) is 33.5. The van der Waals surface area contributed by atoms with Crippen molar-refractivity contribution in [3.63, 3.8) is 0 Å². The molecule has 0 saturated carbocycles. The molecule has 0 unspecified atom stereocenters. The standard InChI is InChI=1S/C32H56Br2/c1-3-5-7-9-11-13-15-17-19-21-23-25-29-27-32(34)30(28-31(29)33)26-24-22-20-18-16-14-12-10-8-6-4-2/h27-28H,3-26H2,1-2H3. The molecule has 0 saturated heterocycles. The van der Waals surface area contributed by atoms with E-state index in [1.807, 2.05) is 0 Å². The second kappa shape index (κ2) is 23.6. The molecule has 0 aliphatic rings. The van der Waals surface area contributed by atoms with Crippen LogP contribution in [0.5, 0.6) is 0 Å². The van der Waals surface area contributed by atoms with E-state index in [9.17, 15) is 0 Å². The molecule has 34 heavy (non-hydrogen) atoms. The number of benzene rings is 1. The van der Waals surface area contributed by atoms with Gasteiger partial charge in [0.15, 0.2) is 0 Å². The van der Waals surface area contributed by atoms with Crippen molar-refractivity contribution in [2.24, 2.45) is 0 Å². The number of rotatable bonds is 24. The van der Waals surface area contributed by atoms with E-state index in [-0.39, 0.29) is 0 Å². The van der Waals surface area contributed by atoms with Crippen molar-refractivity contribution < 1.29 is 0 Å². The van der Waals surface area contributed by atoms with E-state index < -0.39 is 0 Å². The first-order valence-electron chi connectivity index (χ1n) is 15.2. The molecule has 0 bridgehead atoms. The van der Waals surface area contributed by atoms with Gasteiger partial charge in [0.05, 0.1) is 0 Å². The van der Waals surface area contributed by atoms with Gasteiger partial charge in [-0.3, -0.25) is 0 Å². The molecule has 0 aromatic heterocycles. The minimum atomic E-state index is 1.20. The summed E-state index contributed by atoms with van der Waals surface area (Å²) < 4.78 is 2.64. The summed E-state index contributed by atoms with van der Waals surface area (Å²) in [5.74, 6) is 0. The quantitative estimate of drug-likeness (QED) is 0.104. The molecule has 2 heteroatoms. The average Bonchev–Trinajstić information content (AvgIpc) is 2.83. The van der Waals surface area contributed by atoms with E-state index in [1.54, 1.807) is 0 Å². The summed E-state index contributed by atoms with van der Waals surface area (Å²) in [5, 5.41) is 0. The monoisotopic (exact) mass is 598 g/mol. The molecule has 0 fully saturated rings. The smallest absolute Gasteiger partial charge is 0.0210 e. The van der Waals surface area contributed by atoms with Crippen LogP contribution in [0.25, 0.3) is 0 Å². The molecule has 0 aliphatic carbocycles. The summed E-state index contributed by atoms with van der Waals surface area (Å²) in [6.45, 7) is 4.59. The van der Waals surface area contributed by atoms with Gasteiger partial charge in [-0.1, -0.05) is 174 Å². The van der Waals surface area contributed by atoms with Crippen LogP contribution in [-0.4, -0.2) is 0 Å². The fraction of sp³-hybridized carbons (Fsp3) is 0.812. The zero-order valence-electron chi connectivity index (χ0n) is 22.9. The van der Waals surface area contributed by atoms with Crippen molar-refractivity contribution in [1.82, 2.24) is 0 Å². The predicted molar refractivity (Wildman–Crippen MR) is 162 cm³/mol. The van der Waals surface area contributed by atoms with Gasteiger partial charge in [-0.25, -0.2) is 0 Å². The van der Waals surface area contributed by atoms with Gasteiger partial charge in [0.25, 0.3) is 0 Å². The number of hydrogen-bond donors (Lipinski definition) is 0. The fourth-order valence-electron chi connectivity index (χ4n) is 4.97. The summed E-state index contributed by atoms with van der Waals surface area (Å²) in [6, 6.07) is 4.77. The summed E-state index contributed by atoms with van der Waals surface area (Å²) in [5.41, 5.74) is 2.95. The molecular weight excluding hydrogens is 544 g/mol. The first kappa shape index (κ1) is 32.2. The second-order valence-electron chi connectivity index (χ2n) is 10.6. The highest BCUT2D eigenvalue weighted by atomic mass is 79.9. The van der Waals surface area contributed by atoms with Crippen molar-refractivity contribution in [3.8, 4) is 0 Å². The lowest BCUT2D eigenvalue weighted by atomic mass is 10.0. The normalized spacial score (nSPS) is 11.4. The lowest BCUT2D eigenvalue weighted by molar-refractivity contribution is 0.549. The molecule has 1 rings (SSSR count). The molecule has 1 aromatic carbocycles. The largest absolute Gasteiger partial charge is 0.0654 e. The van der Waals surface area contributed by atoms with E-state index in [4.69, 9.17) is 0 Å². The Morgan fingerprint density at radius 1 is 0.382 bits per heavy atom. The van der Waals surface area contributed by atoms with Crippen LogP contribution in [0.1, 0.15) is 166 Å². The Balaban J connectivity index is 2.07. The van der Waals surface area contributed by atoms with Gasteiger partial charge in [-0.05, 0) is 48.9 Å². The minimum absolute atomic E-state index is 1.20. The van der Waals surface area contributed by atoms with Crippen molar-refractivity contribution in [1.29, 1.82) is 0 Å². The number of aryl methyl sites for hydroxylation is 2. The summed E-state index contributed by atoms with van der Waals surface area (Å²) in [4.78, 5) is 0. The van der Waals surface area contributed by atoms with E-state index in [0.29, 0.717) is 0 Å². The SMILES string of the molecule is CCCCCCCCCCCCCc1cc(Br)c(CCCCCCCCCCCCC)cc1Br. The zero-order chi connectivity index (χ0) is 24.7. The first-order chi connectivity index (χ1) is 16.7. The summed E-state index contributed by atoms with van der Waals surface area (Å²) >= 11 is 7.73. The Kier molecular flexibility index (Phi) is 22.3. The van der Waals surface area contributed by atoms with Gasteiger partial charge in [0, 0.05) is 8.95 Å². The number of unbranched alkanes of at least 4 members (excludes halogenated alkanes) is 20. The molecule has 0 heterocycles. The van der Waals surface area contributed by atoms with Gasteiger partial charge in [-0.2, -0.15) is 0 Å². The molecule has 0 radical (unpaired) electrons. The Labute approximate surface area is 231 Å². The van der Waals surface area contributed by atoms with E-state index in [0.717, 1.165) is 0 Å². The first-order valence-corrected chi connectivity index (χ1v) is 16.7. The zero-order valence-corrected chi connectivity index (χ0v) is 26.1. The Morgan fingerprint density at radius 2 is 0.618 bits per heavy atom. The lowest BCUT2D eigenvalue weighted by Gasteiger charge is -2.11. The van der Waals surface area contributed by atoms with Crippen LogP contribution < -0.4 is 0 Å². The lowest BCUT2D eigenvalue weighted by Crippen LogP contribution is -1.94. The van der Waals surface area contributed by atoms with Crippen LogP contribution in [0.15, 0.2) is 21.1 Å². The van der Waals surface area contributed by atoms with Crippen LogP contribution in [0, 0.1) is 0 Å². The van der Waals surface area contributed by atoms with Crippen molar-refractivity contribution in [3.05, 3.63) is 32.2 Å². The van der Waals surface area contributed by atoms with Crippen molar-refractivity contribution >= 4 is 31.9 Å². The fourth-order valence-corrected chi connectivity index (χ4v) is 6.15. The highest BCUT2D eigenvalue weighted by molar-refractivity contribution is 9.11. The molecule has 0 atom stereocenters. The average molecular weight is 601 g/mol. The highest BCUT2D eigenvalue weighted by Gasteiger charge is 2.07. The summed E-state index contributed by atoms with van der Waals surface area (Å²) in [7, 11) is 0. The highest BCUT2D eigenvalue weighted by Crippen LogP contribution is 2.29.